The topological polar surface area (TPSA) is 47.0 Å². The predicted octanol–water partition coefficient (Wildman–Crippen LogP) is 2.28. The van der Waals surface area contributed by atoms with Gasteiger partial charge in [-0.1, -0.05) is 18.7 Å². The molecule has 0 aliphatic rings. The van der Waals surface area contributed by atoms with Gasteiger partial charge in [-0.05, 0) is 32.4 Å². The first-order valence-electron chi connectivity index (χ1n) is 6.46. The molecule has 0 spiro atoms. The van der Waals surface area contributed by atoms with Gasteiger partial charge in [0, 0.05) is 37.4 Å². The number of thioether (sulfide) groups is 1. The lowest BCUT2D eigenvalue weighted by Gasteiger charge is -2.11. The summed E-state index contributed by atoms with van der Waals surface area (Å²) in [5.41, 5.74) is 1.10. The van der Waals surface area contributed by atoms with Crippen molar-refractivity contribution in [1.82, 2.24) is 15.3 Å². The van der Waals surface area contributed by atoms with E-state index < -0.39 is 0 Å². The van der Waals surface area contributed by atoms with Crippen LogP contribution < -0.4 is 5.32 Å². The van der Waals surface area contributed by atoms with E-state index >= 15 is 0 Å². The first kappa shape index (κ1) is 15.4. The van der Waals surface area contributed by atoms with Gasteiger partial charge in [-0.3, -0.25) is 0 Å². The van der Waals surface area contributed by atoms with Gasteiger partial charge in [0.05, 0.1) is 0 Å². The van der Waals surface area contributed by atoms with Crippen molar-refractivity contribution in [2.45, 2.75) is 37.6 Å². The molecule has 1 aromatic rings. The van der Waals surface area contributed by atoms with E-state index in [-0.39, 0.29) is 0 Å². The summed E-state index contributed by atoms with van der Waals surface area (Å²) >= 11 is 1.70. The number of nitrogens with one attached hydrogen (secondary N) is 1. The molecule has 5 heteroatoms. The first-order valence-corrected chi connectivity index (χ1v) is 7.34. The van der Waals surface area contributed by atoms with E-state index in [1.165, 1.54) is 0 Å². The van der Waals surface area contributed by atoms with Gasteiger partial charge < -0.3 is 10.1 Å². The lowest BCUT2D eigenvalue weighted by atomic mass is 10.4. The molecule has 0 aromatic carbocycles. The highest BCUT2D eigenvalue weighted by Gasteiger charge is 2.05. The molecule has 0 aliphatic carbocycles. The maximum absolute atomic E-state index is 5.28. The Labute approximate surface area is 114 Å². The Morgan fingerprint density at radius 2 is 2.11 bits per heavy atom. The van der Waals surface area contributed by atoms with E-state index in [1.807, 2.05) is 26.2 Å². The van der Waals surface area contributed by atoms with Gasteiger partial charge in [-0.15, -0.1) is 0 Å². The molecule has 4 nitrogen and oxygen atoms in total. The Kier molecular flexibility index (Phi) is 7.96. The van der Waals surface area contributed by atoms with Crippen LogP contribution in [0, 0.1) is 6.92 Å². The summed E-state index contributed by atoms with van der Waals surface area (Å²) in [5, 5.41) is 4.74. The van der Waals surface area contributed by atoms with Crippen LogP contribution in [0.15, 0.2) is 17.6 Å². The maximum Gasteiger partial charge on any atom is 0.187 e. The van der Waals surface area contributed by atoms with Gasteiger partial charge in [0.25, 0.3) is 0 Å². The van der Waals surface area contributed by atoms with Crippen molar-refractivity contribution in [2.24, 2.45) is 0 Å². The summed E-state index contributed by atoms with van der Waals surface area (Å²) in [7, 11) is 0. The summed E-state index contributed by atoms with van der Waals surface area (Å²) in [5.74, 6) is 0. The molecule has 0 radical (unpaired) electrons. The summed E-state index contributed by atoms with van der Waals surface area (Å²) in [6.45, 7) is 9.81. The zero-order chi connectivity index (χ0) is 13.2. The molecule has 18 heavy (non-hydrogen) atoms. The minimum Gasteiger partial charge on any atom is -0.382 e. The van der Waals surface area contributed by atoms with E-state index in [0.717, 1.165) is 43.4 Å². The van der Waals surface area contributed by atoms with Crippen LogP contribution in [0.4, 0.5) is 0 Å². The summed E-state index contributed by atoms with van der Waals surface area (Å²) in [6.07, 6.45) is 4.78. The minimum absolute atomic E-state index is 0.472. The van der Waals surface area contributed by atoms with Gasteiger partial charge in [0.15, 0.2) is 5.16 Å². The van der Waals surface area contributed by atoms with Crippen LogP contribution in [0.25, 0.3) is 0 Å². The largest absolute Gasteiger partial charge is 0.382 e. The van der Waals surface area contributed by atoms with Crippen LogP contribution >= 0.6 is 11.8 Å². The number of rotatable bonds is 9. The molecule has 0 fully saturated rings. The van der Waals surface area contributed by atoms with Gasteiger partial charge in [0.2, 0.25) is 0 Å². The SMILES string of the molecule is CCOCCCNCC(C)Sc1ncc(C)cn1. The average molecular weight is 269 g/mol. The van der Waals surface area contributed by atoms with Gasteiger partial charge in [0.1, 0.15) is 0 Å². The van der Waals surface area contributed by atoms with Crippen molar-refractivity contribution < 1.29 is 4.74 Å². The van der Waals surface area contributed by atoms with Crippen LogP contribution in [-0.4, -0.2) is 41.5 Å². The zero-order valence-corrected chi connectivity index (χ0v) is 12.3. The van der Waals surface area contributed by atoms with Crippen molar-refractivity contribution in [1.29, 1.82) is 0 Å². The molecule has 1 heterocycles. The number of aryl methyl sites for hydroxylation is 1. The van der Waals surface area contributed by atoms with Crippen molar-refractivity contribution in [3.05, 3.63) is 18.0 Å². The average Bonchev–Trinajstić information content (AvgIpc) is 2.36. The third-order valence-electron chi connectivity index (χ3n) is 2.34. The summed E-state index contributed by atoms with van der Waals surface area (Å²) in [4.78, 5) is 8.58. The summed E-state index contributed by atoms with van der Waals surface area (Å²) in [6, 6.07) is 0. The van der Waals surface area contributed by atoms with Crippen molar-refractivity contribution in [3.8, 4) is 0 Å². The third-order valence-corrected chi connectivity index (χ3v) is 3.33. The van der Waals surface area contributed by atoms with Crippen molar-refractivity contribution >= 4 is 11.8 Å². The van der Waals surface area contributed by atoms with Gasteiger partial charge in [-0.25, -0.2) is 9.97 Å². The van der Waals surface area contributed by atoms with E-state index in [1.54, 1.807) is 11.8 Å². The Hall–Kier alpha value is -0.650. The first-order chi connectivity index (χ1) is 8.72. The molecule has 1 atom stereocenters. The predicted molar refractivity (Wildman–Crippen MR) is 76.1 cm³/mol. The fourth-order valence-corrected chi connectivity index (χ4v) is 2.20. The maximum atomic E-state index is 5.28. The lowest BCUT2D eigenvalue weighted by molar-refractivity contribution is 0.145. The van der Waals surface area contributed by atoms with Crippen molar-refractivity contribution in [2.75, 3.05) is 26.3 Å². The Bertz CT molecular complexity index is 319. The smallest absolute Gasteiger partial charge is 0.187 e. The normalized spacial score (nSPS) is 12.6. The number of hydrogen-bond donors (Lipinski definition) is 1. The second-order valence-corrected chi connectivity index (χ2v) is 5.63. The molecule has 0 saturated carbocycles. The van der Waals surface area contributed by atoms with Gasteiger partial charge >= 0.3 is 0 Å². The molecule has 1 N–H and O–H groups in total. The minimum atomic E-state index is 0.472. The van der Waals surface area contributed by atoms with Crippen LogP contribution in [0.3, 0.4) is 0 Å². The van der Waals surface area contributed by atoms with Crippen molar-refractivity contribution in [3.63, 3.8) is 0 Å². The number of ether oxygens (including phenoxy) is 1. The van der Waals surface area contributed by atoms with Crippen LogP contribution in [0.1, 0.15) is 25.8 Å². The molecule has 1 aromatic heterocycles. The quantitative estimate of drug-likeness (QED) is 0.423. The highest BCUT2D eigenvalue weighted by molar-refractivity contribution is 7.99. The molecule has 0 amide bonds. The van der Waals surface area contributed by atoms with Crippen LogP contribution in [0.2, 0.25) is 0 Å². The number of hydrogen-bond acceptors (Lipinski definition) is 5. The molecule has 1 unspecified atom stereocenters. The Balaban J connectivity index is 2.10. The number of nitrogens with zero attached hydrogens (tertiary/aromatic N) is 2. The molecule has 1 rings (SSSR count). The van der Waals surface area contributed by atoms with E-state index in [2.05, 4.69) is 22.2 Å². The van der Waals surface area contributed by atoms with Crippen LogP contribution in [0.5, 0.6) is 0 Å². The second-order valence-electron chi connectivity index (χ2n) is 4.23. The Morgan fingerprint density at radius 1 is 1.39 bits per heavy atom. The molecule has 0 saturated heterocycles. The van der Waals surface area contributed by atoms with E-state index in [0.29, 0.717) is 5.25 Å². The standard InChI is InChI=1S/C13H23N3OS/c1-4-17-7-5-6-14-10-12(3)18-13-15-8-11(2)9-16-13/h8-9,12,14H,4-7,10H2,1-3H3. The molecule has 102 valence electrons. The fourth-order valence-electron chi connectivity index (χ4n) is 1.41. The monoisotopic (exact) mass is 269 g/mol. The molecular weight excluding hydrogens is 246 g/mol. The summed E-state index contributed by atoms with van der Waals surface area (Å²) < 4.78 is 5.28. The van der Waals surface area contributed by atoms with E-state index in [4.69, 9.17) is 4.74 Å². The number of aromatic nitrogens is 2. The highest BCUT2D eigenvalue weighted by atomic mass is 32.2. The fraction of sp³-hybridized carbons (Fsp3) is 0.692. The van der Waals surface area contributed by atoms with Crippen LogP contribution in [-0.2, 0) is 4.74 Å². The molecule has 0 bridgehead atoms. The zero-order valence-electron chi connectivity index (χ0n) is 11.5. The second kappa shape index (κ2) is 9.30. The highest BCUT2D eigenvalue weighted by Crippen LogP contribution is 2.17. The third kappa shape index (κ3) is 6.93. The van der Waals surface area contributed by atoms with Gasteiger partial charge in [-0.2, -0.15) is 0 Å². The molecule has 0 aliphatic heterocycles. The molecular formula is C13H23N3OS. The lowest BCUT2D eigenvalue weighted by Crippen LogP contribution is -2.24. The van der Waals surface area contributed by atoms with E-state index in [9.17, 15) is 0 Å². The Morgan fingerprint density at radius 3 is 2.78 bits per heavy atom.